The molecule has 3 aromatic rings. The van der Waals surface area contributed by atoms with Crippen LogP contribution in [0.1, 0.15) is 213 Å². The molecule has 5 saturated heterocycles. The van der Waals surface area contributed by atoms with Gasteiger partial charge in [0.1, 0.15) is 0 Å². The molecule has 7 nitrogen and oxygen atoms in total. The number of hydrogen-bond donors (Lipinski definition) is 1. The summed E-state index contributed by atoms with van der Waals surface area (Å²) in [7, 11) is 13.7. The fraction of sp³-hybridized carbons (Fsp3) is 0.803. The third kappa shape index (κ3) is 16.0. The van der Waals surface area contributed by atoms with Crippen LogP contribution in [0.3, 0.4) is 0 Å². The number of fused-ring (bicyclic) bond motifs is 7. The standard InChI is InChI=1S/3C11H21N.C10H19N.C10H13N.C9H17N.C9H9N/c1-9-7-10-5-3-4-6-11(10)8-12(9)2;1-9-11-6-4-3-5-10(11)7-8-12(9)2;1-9-7-8-10-5-3-4-6-11(10)12(9)2;2*1-8-7-9-5-3-4-6-10(9)11(8)2;1-7-6-8-4-3-5-9(8)10(7)2;1-7-6-8-4-2-3-5-9(8)10-7/h3*9-11H,3-8H2,1-2H3;8-10H,3-7H2,1-2H3;3-6,8H,7H2,1-2H3;7-9H,3-6H2,1-2H3;2-6,10H,1H3. The van der Waals surface area contributed by atoms with Crippen LogP contribution >= 0.6 is 0 Å². The summed E-state index contributed by atoms with van der Waals surface area (Å²) >= 11 is 0. The number of anilines is 1. The first-order valence-electron chi connectivity index (χ1n) is 33.5. The van der Waals surface area contributed by atoms with Crippen LogP contribution in [-0.4, -0.2) is 139 Å². The highest BCUT2D eigenvalue weighted by Gasteiger charge is 2.40. The van der Waals surface area contributed by atoms with Gasteiger partial charge >= 0.3 is 0 Å². The average Bonchev–Trinajstić information content (AvgIpc) is 4.28. The zero-order chi connectivity index (χ0) is 55.5. The van der Waals surface area contributed by atoms with Gasteiger partial charge in [-0.15, -0.1) is 0 Å². The Bertz CT molecular complexity index is 2090. The Morgan fingerprint density at radius 3 is 1.59 bits per heavy atom. The van der Waals surface area contributed by atoms with E-state index in [2.05, 4.69) is 174 Å². The van der Waals surface area contributed by atoms with Gasteiger partial charge in [-0.3, -0.25) is 0 Å². The lowest BCUT2D eigenvalue weighted by Crippen LogP contribution is -2.48. The smallest absolute Gasteiger partial charge is 0.0455 e. The fourth-order valence-corrected chi connectivity index (χ4v) is 17.8. The molecule has 2 aromatic carbocycles. The Morgan fingerprint density at radius 2 is 0.936 bits per heavy atom. The monoisotopic (exact) mass is 1070 g/mol. The van der Waals surface area contributed by atoms with Gasteiger partial charge in [-0.05, 0) is 257 Å². The Kier molecular flexibility index (Phi) is 23.5. The molecule has 0 radical (unpaired) electrons. The highest BCUT2D eigenvalue weighted by Crippen LogP contribution is 2.42. The molecule has 1 N–H and O–H groups in total. The number of rotatable bonds is 0. The molecule has 10 fully saturated rings. The molecule has 7 heterocycles. The molecule has 16 atom stereocenters. The largest absolute Gasteiger partial charge is 0.371 e. The molecule has 6 aliphatic heterocycles. The zero-order valence-corrected chi connectivity index (χ0v) is 52.9. The van der Waals surface area contributed by atoms with E-state index in [1.54, 1.807) is 0 Å². The first-order chi connectivity index (χ1) is 37.6. The summed E-state index contributed by atoms with van der Waals surface area (Å²) in [6.45, 7) is 18.9. The summed E-state index contributed by atoms with van der Waals surface area (Å²) in [5.74, 6) is 7.36. The normalized spacial score (nSPS) is 37.4. The molecule has 78 heavy (non-hydrogen) atoms. The van der Waals surface area contributed by atoms with Gasteiger partial charge in [-0.25, -0.2) is 0 Å². The highest BCUT2D eigenvalue weighted by molar-refractivity contribution is 5.80. The number of nitrogens with one attached hydrogen (secondary N) is 1. The van der Waals surface area contributed by atoms with Crippen molar-refractivity contribution in [2.24, 2.45) is 41.4 Å². The average molecular weight is 1070 g/mol. The van der Waals surface area contributed by atoms with Crippen LogP contribution in [0.4, 0.5) is 5.69 Å². The number of likely N-dealkylation sites (N-methyl/N-ethyl adjacent to an activating group) is 1. The van der Waals surface area contributed by atoms with Crippen molar-refractivity contribution in [2.45, 2.75) is 270 Å². The number of benzene rings is 2. The highest BCUT2D eigenvalue weighted by atomic mass is 15.2. The SMILES string of the molecule is CC1C2CCCCC2CCN1C.CC1CC2CCCC2N1C.CC1CC2CCCCC2CN1C.CC1CC2CCCCC2N1C.CC1CCC2CCCCC2N1C.CC1Cc2ccccc2N1C.Cc1cc2ccccc2[nH]1. The molecule has 440 valence electrons. The minimum absolute atomic E-state index is 0.674. The first-order valence-corrected chi connectivity index (χ1v) is 33.5. The van der Waals surface area contributed by atoms with E-state index in [0.29, 0.717) is 6.04 Å². The summed E-state index contributed by atoms with van der Waals surface area (Å²) in [6, 6.07) is 26.8. The van der Waals surface area contributed by atoms with E-state index in [-0.39, 0.29) is 0 Å². The molecule has 0 spiro atoms. The van der Waals surface area contributed by atoms with E-state index in [1.165, 1.54) is 208 Å². The van der Waals surface area contributed by atoms with Crippen molar-refractivity contribution in [3.05, 3.63) is 65.9 Å². The van der Waals surface area contributed by atoms with Crippen molar-refractivity contribution in [2.75, 3.05) is 60.3 Å². The third-order valence-electron chi connectivity index (χ3n) is 23.6. The Balaban J connectivity index is 0.000000120. The van der Waals surface area contributed by atoms with Crippen molar-refractivity contribution >= 4 is 16.6 Å². The van der Waals surface area contributed by atoms with Crippen LogP contribution < -0.4 is 4.90 Å². The molecule has 1 aromatic heterocycles. The van der Waals surface area contributed by atoms with Gasteiger partial charge < -0.3 is 34.4 Å². The van der Waals surface area contributed by atoms with Gasteiger partial charge in [0.2, 0.25) is 0 Å². The van der Waals surface area contributed by atoms with Crippen LogP contribution in [0.25, 0.3) is 10.9 Å². The summed E-state index contributed by atoms with van der Waals surface area (Å²) < 4.78 is 0. The number of piperidine rings is 3. The molecular weight excluding hydrogens is 951 g/mol. The second kappa shape index (κ2) is 29.7. The third-order valence-corrected chi connectivity index (χ3v) is 23.6. The van der Waals surface area contributed by atoms with E-state index in [9.17, 15) is 0 Å². The number of H-pyrrole nitrogens is 1. The lowest BCUT2D eigenvalue weighted by Gasteiger charge is -2.45. The lowest BCUT2D eigenvalue weighted by atomic mass is 9.71. The fourth-order valence-electron chi connectivity index (χ4n) is 17.8. The summed E-state index contributed by atoms with van der Waals surface area (Å²) in [6.07, 6.45) is 38.3. The Morgan fingerprint density at radius 1 is 0.423 bits per heavy atom. The van der Waals surface area contributed by atoms with Gasteiger partial charge in [-0.2, -0.15) is 0 Å². The van der Waals surface area contributed by atoms with Gasteiger partial charge in [0, 0.05) is 84.9 Å². The van der Waals surface area contributed by atoms with Crippen LogP contribution in [0, 0.1) is 48.3 Å². The second-order valence-electron chi connectivity index (χ2n) is 28.5. The minimum Gasteiger partial charge on any atom is -0.371 e. The van der Waals surface area contributed by atoms with Crippen molar-refractivity contribution in [1.82, 2.24) is 29.5 Å². The van der Waals surface area contributed by atoms with Crippen LogP contribution in [-0.2, 0) is 6.42 Å². The van der Waals surface area contributed by atoms with E-state index < -0.39 is 0 Å². The summed E-state index contributed by atoms with van der Waals surface area (Å²) in [5, 5.41) is 1.29. The quantitative estimate of drug-likeness (QED) is 0.242. The van der Waals surface area contributed by atoms with Gasteiger partial charge in [0.15, 0.2) is 0 Å². The minimum atomic E-state index is 0.674. The molecule has 5 saturated carbocycles. The van der Waals surface area contributed by atoms with Crippen LogP contribution in [0.2, 0.25) is 0 Å². The maximum absolute atomic E-state index is 3.26. The van der Waals surface area contributed by atoms with E-state index in [4.69, 9.17) is 0 Å². The van der Waals surface area contributed by atoms with Crippen molar-refractivity contribution in [1.29, 1.82) is 0 Å². The molecule has 0 amide bonds. The lowest BCUT2D eigenvalue weighted by molar-refractivity contribution is 0.0447. The van der Waals surface area contributed by atoms with E-state index in [1.807, 2.05) is 6.07 Å². The molecule has 14 rings (SSSR count). The predicted molar refractivity (Wildman–Crippen MR) is 338 cm³/mol. The number of hydrogen-bond acceptors (Lipinski definition) is 6. The predicted octanol–water partition coefficient (Wildman–Crippen LogP) is 16.4. The number of nitrogens with zero attached hydrogens (tertiary/aromatic N) is 6. The number of aromatic nitrogens is 1. The van der Waals surface area contributed by atoms with Crippen molar-refractivity contribution < 1.29 is 0 Å². The topological polar surface area (TPSA) is 35.2 Å². The maximum Gasteiger partial charge on any atom is 0.0455 e. The molecule has 7 heteroatoms. The van der Waals surface area contributed by atoms with E-state index >= 15 is 0 Å². The van der Waals surface area contributed by atoms with Gasteiger partial charge in [0.05, 0.1) is 0 Å². The number of likely N-dealkylation sites (tertiary alicyclic amines) is 5. The molecule has 11 aliphatic rings. The Hall–Kier alpha value is -2.42. The molecule has 16 unspecified atom stereocenters. The van der Waals surface area contributed by atoms with Crippen LogP contribution in [0.15, 0.2) is 54.6 Å². The molecule has 5 aliphatic carbocycles. The first kappa shape index (κ1) is 61.6. The van der Waals surface area contributed by atoms with E-state index in [0.717, 1.165) is 89.8 Å². The van der Waals surface area contributed by atoms with Crippen molar-refractivity contribution in [3.63, 3.8) is 0 Å². The molecular formula is C71H121N7. The van der Waals surface area contributed by atoms with Gasteiger partial charge in [-0.1, -0.05) is 107 Å². The number of aromatic amines is 1. The number of para-hydroxylation sites is 2. The number of aryl methyl sites for hydroxylation is 1. The molecule has 0 bridgehead atoms. The maximum atomic E-state index is 3.26. The van der Waals surface area contributed by atoms with Crippen LogP contribution in [0.5, 0.6) is 0 Å². The second-order valence-corrected chi connectivity index (χ2v) is 28.5. The zero-order valence-electron chi connectivity index (χ0n) is 52.9. The summed E-state index contributed by atoms with van der Waals surface area (Å²) in [5.41, 5.74) is 5.34. The van der Waals surface area contributed by atoms with Crippen molar-refractivity contribution in [3.8, 4) is 0 Å². The van der Waals surface area contributed by atoms with Gasteiger partial charge in [0.25, 0.3) is 0 Å². The summed E-state index contributed by atoms with van der Waals surface area (Å²) in [4.78, 5) is 18.5. The Labute approximate surface area is 481 Å².